The molecule has 10 heavy (non-hydrogen) atoms. The maximum Gasteiger partial charge on any atom is 0.164 e. The molecular weight excluding hydrogens is 146 g/mol. The molecule has 2 heterocycles. The Balaban J connectivity index is 2.54. The van der Waals surface area contributed by atoms with Crippen LogP contribution in [-0.2, 0) is 0 Å². The van der Waals surface area contributed by atoms with Gasteiger partial charge in [-0.2, -0.15) is 0 Å². The van der Waals surface area contributed by atoms with Crippen LogP contribution in [-0.4, -0.2) is 23.4 Å². The Hall–Kier alpha value is -1.16. The van der Waals surface area contributed by atoms with Crippen LogP contribution in [0, 0.1) is 0 Å². The van der Waals surface area contributed by atoms with Crippen LogP contribution in [0.25, 0.3) is 0 Å². The van der Waals surface area contributed by atoms with Gasteiger partial charge in [-0.05, 0) is 6.08 Å². The van der Waals surface area contributed by atoms with Gasteiger partial charge in [-0.3, -0.25) is 0 Å². The molecule has 0 N–H and O–H groups in total. The predicted octanol–water partition coefficient (Wildman–Crippen LogP) is 0.765. The van der Waals surface area contributed by atoms with E-state index in [0.717, 1.165) is 5.57 Å². The lowest BCUT2D eigenvalue weighted by molar-refractivity contribution is 1.55. The Bertz CT molecular complexity index is 303. The highest BCUT2D eigenvalue weighted by Gasteiger charge is 2.15. The molecule has 0 radical (unpaired) electrons. The SMILES string of the molecule is S=C1N=CN=C2N=CC=C12. The number of amidine groups is 1. The molecule has 2 aliphatic rings. The molecule has 0 aromatic carbocycles. The molecule has 0 spiro atoms. The van der Waals surface area contributed by atoms with Crippen LogP contribution < -0.4 is 0 Å². The van der Waals surface area contributed by atoms with Gasteiger partial charge >= 0.3 is 0 Å². The summed E-state index contributed by atoms with van der Waals surface area (Å²) in [5.74, 6) is 0.681. The number of hydrogen-bond acceptors (Lipinski definition) is 3. The molecule has 4 heteroatoms. The lowest BCUT2D eigenvalue weighted by Gasteiger charge is -2.01. The molecular formula is C6H3N3S. The third kappa shape index (κ3) is 0.657. The first-order valence-electron chi connectivity index (χ1n) is 2.77. The quantitative estimate of drug-likeness (QED) is 0.468. The van der Waals surface area contributed by atoms with E-state index in [2.05, 4.69) is 15.0 Å². The van der Waals surface area contributed by atoms with Gasteiger partial charge in [-0.15, -0.1) is 0 Å². The van der Waals surface area contributed by atoms with E-state index in [0.29, 0.717) is 10.8 Å². The molecule has 2 aliphatic heterocycles. The first-order valence-corrected chi connectivity index (χ1v) is 3.18. The summed E-state index contributed by atoms with van der Waals surface area (Å²) < 4.78 is 0. The summed E-state index contributed by atoms with van der Waals surface area (Å²) in [4.78, 5) is 12.3. The van der Waals surface area contributed by atoms with Gasteiger partial charge in [-0.25, -0.2) is 15.0 Å². The summed E-state index contributed by atoms with van der Waals surface area (Å²) in [6.45, 7) is 0. The summed E-state index contributed by atoms with van der Waals surface area (Å²) in [6.07, 6.45) is 4.92. The number of thiocarbonyl (C=S) groups is 1. The Morgan fingerprint density at radius 2 is 2.20 bits per heavy atom. The van der Waals surface area contributed by atoms with Crippen LogP contribution in [0.4, 0.5) is 0 Å². The Kier molecular flexibility index (Phi) is 1.07. The van der Waals surface area contributed by atoms with E-state index >= 15 is 0 Å². The second kappa shape index (κ2) is 1.91. The van der Waals surface area contributed by atoms with Crippen LogP contribution in [0.15, 0.2) is 26.6 Å². The van der Waals surface area contributed by atoms with Gasteiger partial charge in [0, 0.05) is 6.21 Å². The van der Waals surface area contributed by atoms with Gasteiger partial charge < -0.3 is 0 Å². The van der Waals surface area contributed by atoms with Crippen molar-refractivity contribution in [3.05, 3.63) is 11.6 Å². The average molecular weight is 149 g/mol. The third-order valence-electron chi connectivity index (χ3n) is 1.26. The fraction of sp³-hybridized carbons (Fsp3) is 0. The predicted molar refractivity (Wildman–Crippen MR) is 45.1 cm³/mol. The standard InChI is InChI=1S/C6H3N3S/c10-6-4-1-2-7-5(4)8-3-9-6/h1-3H. The first kappa shape index (κ1) is 5.61. The molecule has 3 nitrogen and oxygen atoms in total. The number of aliphatic imine (C=N–C) groups is 3. The zero-order valence-electron chi connectivity index (χ0n) is 4.98. The summed E-state index contributed by atoms with van der Waals surface area (Å²) >= 11 is 4.92. The maximum atomic E-state index is 4.92. The Morgan fingerprint density at radius 1 is 1.30 bits per heavy atom. The van der Waals surface area contributed by atoms with Crippen LogP contribution in [0.5, 0.6) is 0 Å². The zero-order chi connectivity index (χ0) is 6.97. The van der Waals surface area contributed by atoms with Gasteiger partial charge in [0.25, 0.3) is 0 Å². The molecule has 0 saturated carbocycles. The van der Waals surface area contributed by atoms with Gasteiger partial charge in [0.1, 0.15) is 11.3 Å². The minimum atomic E-state index is 0.572. The van der Waals surface area contributed by atoms with Crippen LogP contribution in [0.3, 0.4) is 0 Å². The van der Waals surface area contributed by atoms with E-state index in [1.165, 1.54) is 6.34 Å². The van der Waals surface area contributed by atoms with Crippen molar-refractivity contribution in [1.82, 2.24) is 0 Å². The van der Waals surface area contributed by atoms with Gasteiger partial charge in [-0.1, -0.05) is 12.2 Å². The molecule has 0 amide bonds. The first-order chi connectivity index (χ1) is 4.88. The summed E-state index contributed by atoms with van der Waals surface area (Å²) in [7, 11) is 0. The highest BCUT2D eigenvalue weighted by molar-refractivity contribution is 7.81. The summed E-state index contributed by atoms with van der Waals surface area (Å²) in [5.41, 5.74) is 0.859. The van der Waals surface area contributed by atoms with Crippen molar-refractivity contribution in [1.29, 1.82) is 0 Å². The van der Waals surface area contributed by atoms with E-state index in [-0.39, 0.29) is 0 Å². The largest absolute Gasteiger partial charge is 0.236 e. The minimum Gasteiger partial charge on any atom is -0.236 e. The fourth-order valence-electron chi connectivity index (χ4n) is 0.802. The summed E-state index contributed by atoms with van der Waals surface area (Å²) in [6, 6.07) is 0. The highest BCUT2D eigenvalue weighted by Crippen LogP contribution is 2.11. The summed E-state index contributed by atoms with van der Waals surface area (Å²) in [5, 5.41) is 0. The van der Waals surface area contributed by atoms with Crippen molar-refractivity contribution in [3.63, 3.8) is 0 Å². The van der Waals surface area contributed by atoms with Crippen molar-refractivity contribution >= 4 is 35.6 Å². The van der Waals surface area contributed by atoms with Crippen molar-refractivity contribution in [2.45, 2.75) is 0 Å². The topological polar surface area (TPSA) is 37.1 Å². The van der Waals surface area contributed by atoms with Gasteiger partial charge in [0.05, 0.1) is 5.57 Å². The number of hydrogen-bond donors (Lipinski definition) is 0. The Morgan fingerprint density at radius 3 is 3.00 bits per heavy atom. The normalized spacial score (nSPS) is 20.6. The second-order valence-corrected chi connectivity index (χ2v) is 2.25. The lowest BCUT2D eigenvalue weighted by Crippen LogP contribution is -2.08. The van der Waals surface area contributed by atoms with Gasteiger partial charge in [0.15, 0.2) is 5.84 Å². The average Bonchev–Trinajstić information content (AvgIpc) is 2.36. The molecule has 0 unspecified atom stereocenters. The monoisotopic (exact) mass is 149 g/mol. The van der Waals surface area contributed by atoms with Crippen LogP contribution >= 0.6 is 12.2 Å². The minimum absolute atomic E-state index is 0.572. The smallest absolute Gasteiger partial charge is 0.164 e. The van der Waals surface area contributed by atoms with E-state index in [1.807, 2.05) is 6.08 Å². The highest BCUT2D eigenvalue weighted by atomic mass is 32.1. The molecule has 0 saturated heterocycles. The van der Waals surface area contributed by atoms with Crippen molar-refractivity contribution in [2.75, 3.05) is 0 Å². The van der Waals surface area contributed by atoms with Crippen LogP contribution in [0.2, 0.25) is 0 Å². The van der Waals surface area contributed by atoms with Gasteiger partial charge in [0.2, 0.25) is 0 Å². The van der Waals surface area contributed by atoms with E-state index < -0.39 is 0 Å². The molecule has 0 fully saturated rings. The second-order valence-electron chi connectivity index (χ2n) is 1.86. The number of allylic oxidation sites excluding steroid dienone is 1. The molecule has 0 aliphatic carbocycles. The van der Waals surface area contributed by atoms with E-state index in [1.54, 1.807) is 6.21 Å². The van der Waals surface area contributed by atoms with E-state index in [4.69, 9.17) is 12.2 Å². The number of nitrogens with zero attached hydrogens (tertiary/aromatic N) is 3. The number of rotatable bonds is 0. The maximum absolute atomic E-state index is 4.92. The van der Waals surface area contributed by atoms with Crippen molar-refractivity contribution in [3.8, 4) is 0 Å². The van der Waals surface area contributed by atoms with Crippen molar-refractivity contribution < 1.29 is 0 Å². The molecule has 48 valence electrons. The van der Waals surface area contributed by atoms with E-state index in [9.17, 15) is 0 Å². The third-order valence-corrected chi connectivity index (χ3v) is 1.59. The molecule has 0 aromatic rings. The molecule has 0 aromatic heterocycles. The zero-order valence-corrected chi connectivity index (χ0v) is 5.80. The molecule has 0 bridgehead atoms. The lowest BCUT2D eigenvalue weighted by atomic mass is 10.2. The molecule has 0 atom stereocenters. The van der Waals surface area contributed by atoms with Crippen molar-refractivity contribution in [2.24, 2.45) is 15.0 Å². The molecule has 2 rings (SSSR count). The number of fused-ring (bicyclic) bond motifs is 1. The van der Waals surface area contributed by atoms with Crippen LogP contribution in [0.1, 0.15) is 0 Å². The fourth-order valence-corrected chi connectivity index (χ4v) is 1.01. The Labute approximate surface area is 62.9 Å².